The van der Waals surface area contributed by atoms with Crippen LogP contribution in [0.1, 0.15) is 12.0 Å². The molecule has 0 radical (unpaired) electrons. The van der Waals surface area contributed by atoms with Gasteiger partial charge in [-0.25, -0.2) is 8.78 Å². The predicted molar refractivity (Wildman–Crippen MR) is 60.6 cm³/mol. The van der Waals surface area contributed by atoms with Gasteiger partial charge in [0, 0.05) is 13.7 Å². The van der Waals surface area contributed by atoms with Crippen molar-refractivity contribution in [2.24, 2.45) is 0 Å². The number of benzene rings is 1. The summed E-state index contributed by atoms with van der Waals surface area (Å²) >= 11 is 0. The van der Waals surface area contributed by atoms with E-state index in [0.29, 0.717) is 31.7 Å². The zero-order valence-electron chi connectivity index (χ0n) is 9.75. The van der Waals surface area contributed by atoms with Crippen molar-refractivity contribution >= 4 is 0 Å². The molecule has 1 atom stereocenters. The van der Waals surface area contributed by atoms with E-state index in [2.05, 4.69) is 5.32 Å². The molecule has 17 heavy (non-hydrogen) atoms. The summed E-state index contributed by atoms with van der Waals surface area (Å²) in [5.74, 6) is -1.69. The molecule has 0 saturated heterocycles. The number of nitrogens with one attached hydrogen (secondary N) is 1. The van der Waals surface area contributed by atoms with Crippen molar-refractivity contribution < 1.29 is 18.6 Å². The third kappa shape index (κ3) is 5.21. The second-order valence-corrected chi connectivity index (χ2v) is 3.82. The summed E-state index contributed by atoms with van der Waals surface area (Å²) in [6.07, 6.45) is 0.0507. The van der Waals surface area contributed by atoms with Crippen LogP contribution in [-0.4, -0.2) is 31.5 Å². The molecule has 0 saturated carbocycles. The van der Waals surface area contributed by atoms with Gasteiger partial charge >= 0.3 is 0 Å². The van der Waals surface area contributed by atoms with E-state index in [1.807, 2.05) is 0 Å². The highest BCUT2D eigenvalue weighted by molar-refractivity contribution is 5.17. The Morgan fingerprint density at radius 2 is 2.12 bits per heavy atom. The number of methoxy groups -OCH3 is 1. The van der Waals surface area contributed by atoms with E-state index in [9.17, 15) is 13.9 Å². The van der Waals surface area contributed by atoms with Crippen LogP contribution in [0, 0.1) is 11.6 Å². The summed E-state index contributed by atoms with van der Waals surface area (Å²) in [6.45, 7) is 1.33. The van der Waals surface area contributed by atoms with E-state index >= 15 is 0 Å². The molecule has 0 aliphatic carbocycles. The third-order valence-electron chi connectivity index (χ3n) is 2.33. The largest absolute Gasteiger partial charge is 0.391 e. The highest BCUT2D eigenvalue weighted by Crippen LogP contribution is 2.08. The molecule has 0 spiro atoms. The first kappa shape index (κ1) is 14.0. The van der Waals surface area contributed by atoms with Gasteiger partial charge in [0.1, 0.15) is 0 Å². The Labute approximate surface area is 99.4 Å². The minimum atomic E-state index is -0.844. The molecule has 1 unspecified atom stereocenters. The maximum absolute atomic E-state index is 12.9. The smallest absolute Gasteiger partial charge is 0.159 e. The predicted octanol–water partition coefficient (Wildman–Crippen LogP) is 1.45. The minimum absolute atomic E-state index is 0.298. The Kier molecular flexibility index (Phi) is 6.04. The summed E-state index contributed by atoms with van der Waals surface area (Å²) in [5, 5.41) is 12.4. The zero-order valence-corrected chi connectivity index (χ0v) is 9.75. The lowest BCUT2D eigenvalue weighted by atomic mass is 10.2. The standard InChI is InChI=1S/C12H17F2NO2/c1-17-8-10(16)4-5-15-7-9-2-3-11(13)12(14)6-9/h2-3,6,10,15-16H,4-5,7-8H2,1H3. The van der Waals surface area contributed by atoms with Crippen molar-refractivity contribution in [3.63, 3.8) is 0 Å². The van der Waals surface area contributed by atoms with E-state index in [4.69, 9.17) is 4.74 Å². The Bertz CT molecular complexity index is 347. The molecule has 1 aromatic rings. The van der Waals surface area contributed by atoms with Crippen molar-refractivity contribution in [2.75, 3.05) is 20.3 Å². The van der Waals surface area contributed by atoms with Gasteiger partial charge in [-0.3, -0.25) is 0 Å². The second kappa shape index (κ2) is 7.32. The Morgan fingerprint density at radius 1 is 1.35 bits per heavy atom. The lowest BCUT2D eigenvalue weighted by Crippen LogP contribution is -2.23. The van der Waals surface area contributed by atoms with Crippen molar-refractivity contribution in [2.45, 2.75) is 19.1 Å². The molecule has 96 valence electrons. The molecule has 0 aliphatic heterocycles. The summed E-state index contributed by atoms with van der Waals surface area (Å²) in [7, 11) is 1.53. The summed E-state index contributed by atoms with van der Waals surface area (Å²) in [4.78, 5) is 0. The second-order valence-electron chi connectivity index (χ2n) is 3.82. The number of aliphatic hydroxyl groups is 1. The number of ether oxygens (including phenoxy) is 1. The van der Waals surface area contributed by atoms with Gasteiger partial charge in [0.15, 0.2) is 11.6 Å². The van der Waals surface area contributed by atoms with Gasteiger partial charge in [-0.2, -0.15) is 0 Å². The lowest BCUT2D eigenvalue weighted by molar-refractivity contribution is 0.0594. The van der Waals surface area contributed by atoms with Gasteiger partial charge in [-0.05, 0) is 30.7 Å². The summed E-state index contributed by atoms with van der Waals surface area (Å²) in [5.41, 5.74) is 0.671. The molecule has 5 heteroatoms. The van der Waals surface area contributed by atoms with Crippen LogP contribution < -0.4 is 5.32 Å². The van der Waals surface area contributed by atoms with Crippen LogP contribution in [0.25, 0.3) is 0 Å². The number of halogens is 2. The van der Waals surface area contributed by atoms with E-state index in [1.54, 1.807) is 0 Å². The molecule has 3 nitrogen and oxygen atoms in total. The maximum Gasteiger partial charge on any atom is 0.159 e. The molecule has 0 heterocycles. The first-order valence-electron chi connectivity index (χ1n) is 5.45. The van der Waals surface area contributed by atoms with Gasteiger partial charge in [0.05, 0.1) is 12.7 Å². The highest BCUT2D eigenvalue weighted by Gasteiger charge is 2.04. The van der Waals surface area contributed by atoms with Crippen LogP contribution in [0.3, 0.4) is 0 Å². The summed E-state index contributed by atoms with van der Waals surface area (Å²) < 4.78 is 30.3. The molecule has 0 bridgehead atoms. The van der Waals surface area contributed by atoms with Gasteiger partial charge in [-0.15, -0.1) is 0 Å². The Balaban J connectivity index is 2.24. The summed E-state index contributed by atoms with van der Waals surface area (Å²) in [6, 6.07) is 3.79. The molecule has 1 aromatic carbocycles. The lowest BCUT2D eigenvalue weighted by Gasteiger charge is -2.10. The van der Waals surface area contributed by atoms with Crippen LogP contribution >= 0.6 is 0 Å². The first-order valence-corrected chi connectivity index (χ1v) is 5.45. The SMILES string of the molecule is COCC(O)CCNCc1ccc(F)c(F)c1. The fourth-order valence-electron chi connectivity index (χ4n) is 1.43. The Hall–Kier alpha value is -1.04. The van der Waals surface area contributed by atoms with E-state index in [1.165, 1.54) is 13.2 Å². The average Bonchev–Trinajstić information content (AvgIpc) is 2.29. The Morgan fingerprint density at radius 3 is 2.76 bits per heavy atom. The number of aliphatic hydroxyl groups excluding tert-OH is 1. The normalized spacial score (nSPS) is 12.7. The minimum Gasteiger partial charge on any atom is -0.391 e. The fraction of sp³-hybridized carbons (Fsp3) is 0.500. The van der Waals surface area contributed by atoms with Crippen LogP contribution in [0.15, 0.2) is 18.2 Å². The van der Waals surface area contributed by atoms with Gasteiger partial charge in [0.25, 0.3) is 0 Å². The quantitative estimate of drug-likeness (QED) is 0.714. The van der Waals surface area contributed by atoms with Crippen LogP contribution in [0.4, 0.5) is 8.78 Å². The van der Waals surface area contributed by atoms with Crippen LogP contribution in [-0.2, 0) is 11.3 Å². The van der Waals surface area contributed by atoms with Crippen molar-refractivity contribution in [3.8, 4) is 0 Å². The van der Waals surface area contributed by atoms with E-state index in [-0.39, 0.29) is 0 Å². The number of hydrogen-bond donors (Lipinski definition) is 2. The van der Waals surface area contributed by atoms with Crippen LogP contribution in [0.5, 0.6) is 0 Å². The highest BCUT2D eigenvalue weighted by atomic mass is 19.2. The van der Waals surface area contributed by atoms with Gasteiger partial charge in [0.2, 0.25) is 0 Å². The molecule has 0 aliphatic rings. The zero-order chi connectivity index (χ0) is 12.7. The van der Waals surface area contributed by atoms with Crippen molar-refractivity contribution in [1.82, 2.24) is 5.32 Å². The molecular formula is C12H17F2NO2. The van der Waals surface area contributed by atoms with Gasteiger partial charge < -0.3 is 15.2 Å². The van der Waals surface area contributed by atoms with Crippen LogP contribution in [0.2, 0.25) is 0 Å². The van der Waals surface area contributed by atoms with E-state index < -0.39 is 17.7 Å². The molecule has 0 amide bonds. The van der Waals surface area contributed by atoms with Crippen molar-refractivity contribution in [3.05, 3.63) is 35.4 Å². The van der Waals surface area contributed by atoms with Crippen molar-refractivity contribution in [1.29, 1.82) is 0 Å². The molecular weight excluding hydrogens is 228 g/mol. The number of hydrogen-bond acceptors (Lipinski definition) is 3. The first-order chi connectivity index (χ1) is 8.13. The van der Waals surface area contributed by atoms with Gasteiger partial charge in [-0.1, -0.05) is 6.07 Å². The number of rotatable bonds is 7. The fourth-order valence-corrected chi connectivity index (χ4v) is 1.43. The molecule has 1 rings (SSSR count). The third-order valence-corrected chi connectivity index (χ3v) is 2.33. The molecule has 0 fully saturated rings. The monoisotopic (exact) mass is 245 g/mol. The topological polar surface area (TPSA) is 41.5 Å². The van der Waals surface area contributed by atoms with E-state index in [0.717, 1.165) is 12.1 Å². The molecule has 2 N–H and O–H groups in total. The molecule has 0 aromatic heterocycles. The average molecular weight is 245 g/mol. The maximum atomic E-state index is 12.9.